The highest BCUT2D eigenvalue weighted by molar-refractivity contribution is 9.10. The Labute approximate surface area is 137 Å². The third-order valence-corrected chi connectivity index (χ3v) is 4.35. The summed E-state index contributed by atoms with van der Waals surface area (Å²) in [4.78, 5) is 26.2. The number of rotatable bonds is 3. The van der Waals surface area contributed by atoms with Crippen molar-refractivity contribution in [3.63, 3.8) is 0 Å². The minimum absolute atomic E-state index is 0.0277. The highest BCUT2D eigenvalue weighted by atomic mass is 79.9. The van der Waals surface area contributed by atoms with Crippen LogP contribution >= 0.6 is 15.9 Å². The minimum Gasteiger partial charge on any atom is -0.326 e. The number of carbonyl (C=O) groups excluding carboxylic acids is 2. The number of carbonyl (C=O) groups is 2. The van der Waals surface area contributed by atoms with Gasteiger partial charge in [0.1, 0.15) is 0 Å². The van der Waals surface area contributed by atoms with Gasteiger partial charge in [-0.1, -0.05) is 30.3 Å². The van der Waals surface area contributed by atoms with Crippen LogP contribution < -0.4 is 10.2 Å². The van der Waals surface area contributed by atoms with Gasteiger partial charge in [-0.15, -0.1) is 0 Å². The second kappa shape index (κ2) is 6.32. The molecule has 112 valence electrons. The zero-order valence-electron chi connectivity index (χ0n) is 11.8. The number of nitrogens with zero attached hydrogens (tertiary/aromatic N) is 1. The molecule has 2 aromatic rings. The van der Waals surface area contributed by atoms with Crippen molar-refractivity contribution in [1.29, 1.82) is 0 Å². The summed E-state index contributed by atoms with van der Waals surface area (Å²) in [5.74, 6) is -0.478. The molecular weight excluding hydrogens is 344 g/mol. The standard InChI is InChI=1S/C17H15BrN2O2/c18-14-8-4-5-9-15(14)20-11-12(10-16(20)21)17(22)19-13-6-2-1-3-7-13/h1-9,12H,10-11H2,(H,19,22). The lowest BCUT2D eigenvalue weighted by Crippen LogP contribution is -2.28. The third-order valence-electron chi connectivity index (χ3n) is 3.68. The molecule has 1 fully saturated rings. The molecule has 1 atom stereocenters. The predicted molar refractivity (Wildman–Crippen MR) is 89.7 cm³/mol. The summed E-state index contributed by atoms with van der Waals surface area (Å²) in [6.45, 7) is 0.403. The average Bonchev–Trinajstić information content (AvgIpc) is 2.91. The summed E-state index contributed by atoms with van der Waals surface area (Å²) in [5, 5.41) is 2.86. The lowest BCUT2D eigenvalue weighted by molar-refractivity contribution is -0.122. The molecule has 1 N–H and O–H groups in total. The Morgan fingerprint density at radius 1 is 1.09 bits per heavy atom. The fourth-order valence-corrected chi connectivity index (χ4v) is 3.05. The van der Waals surface area contributed by atoms with E-state index in [9.17, 15) is 9.59 Å². The van der Waals surface area contributed by atoms with Crippen molar-refractivity contribution in [1.82, 2.24) is 0 Å². The molecule has 0 saturated carbocycles. The van der Waals surface area contributed by atoms with Crippen molar-refractivity contribution < 1.29 is 9.59 Å². The van der Waals surface area contributed by atoms with Gasteiger partial charge in [-0.25, -0.2) is 0 Å². The Balaban J connectivity index is 1.72. The SMILES string of the molecule is O=C(Nc1ccccc1)C1CC(=O)N(c2ccccc2Br)C1. The molecule has 3 rings (SSSR count). The quantitative estimate of drug-likeness (QED) is 0.913. The van der Waals surface area contributed by atoms with Gasteiger partial charge in [0.05, 0.1) is 11.6 Å². The third kappa shape index (κ3) is 3.04. The van der Waals surface area contributed by atoms with Gasteiger partial charge in [-0.2, -0.15) is 0 Å². The Morgan fingerprint density at radius 3 is 2.50 bits per heavy atom. The number of para-hydroxylation sites is 2. The summed E-state index contributed by atoms with van der Waals surface area (Å²) in [7, 11) is 0. The highest BCUT2D eigenvalue weighted by Crippen LogP contribution is 2.31. The first-order chi connectivity index (χ1) is 10.6. The summed E-state index contributed by atoms with van der Waals surface area (Å²) in [5.41, 5.74) is 1.56. The maximum absolute atomic E-state index is 12.3. The molecular formula is C17H15BrN2O2. The van der Waals surface area contributed by atoms with Crippen molar-refractivity contribution in [2.24, 2.45) is 5.92 Å². The van der Waals surface area contributed by atoms with Gasteiger partial charge in [-0.3, -0.25) is 9.59 Å². The van der Waals surface area contributed by atoms with E-state index >= 15 is 0 Å². The molecule has 4 nitrogen and oxygen atoms in total. The predicted octanol–water partition coefficient (Wildman–Crippen LogP) is 3.44. The lowest BCUT2D eigenvalue weighted by atomic mass is 10.1. The molecule has 0 bridgehead atoms. The summed E-state index contributed by atoms with van der Waals surface area (Å²) >= 11 is 3.45. The van der Waals surface area contributed by atoms with Crippen molar-refractivity contribution in [2.45, 2.75) is 6.42 Å². The van der Waals surface area contributed by atoms with Crippen LogP contribution in [-0.2, 0) is 9.59 Å². The van der Waals surface area contributed by atoms with Gasteiger partial charge in [0, 0.05) is 23.1 Å². The second-order valence-corrected chi connectivity index (χ2v) is 6.07. The molecule has 1 unspecified atom stereocenters. The van der Waals surface area contributed by atoms with Crippen molar-refractivity contribution in [2.75, 3.05) is 16.8 Å². The normalized spacial score (nSPS) is 17.6. The van der Waals surface area contributed by atoms with Crippen LogP contribution in [0.5, 0.6) is 0 Å². The van der Waals surface area contributed by atoms with E-state index in [-0.39, 0.29) is 24.2 Å². The van der Waals surface area contributed by atoms with Crippen molar-refractivity contribution in [3.05, 3.63) is 59.1 Å². The van der Waals surface area contributed by atoms with Crippen molar-refractivity contribution >= 4 is 39.1 Å². The number of hydrogen-bond donors (Lipinski definition) is 1. The number of anilines is 2. The van der Waals surface area contributed by atoms with Crippen LogP contribution in [0.4, 0.5) is 11.4 Å². The highest BCUT2D eigenvalue weighted by Gasteiger charge is 2.35. The van der Waals surface area contributed by atoms with Gasteiger partial charge < -0.3 is 10.2 Å². The fraction of sp³-hybridized carbons (Fsp3) is 0.176. The van der Waals surface area contributed by atoms with Gasteiger partial charge in [-0.05, 0) is 40.2 Å². The number of amides is 2. The Bertz CT molecular complexity index is 703. The number of halogens is 1. The molecule has 1 saturated heterocycles. The van der Waals surface area contributed by atoms with E-state index in [0.717, 1.165) is 15.8 Å². The van der Waals surface area contributed by atoms with E-state index in [1.165, 1.54) is 0 Å². The fourth-order valence-electron chi connectivity index (χ4n) is 2.55. The Morgan fingerprint density at radius 2 is 1.77 bits per heavy atom. The van der Waals surface area contributed by atoms with Crippen LogP contribution in [0, 0.1) is 5.92 Å². The Hall–Kier alpha value is -2.14. The topological polar surface area (TPSA) is 49.4 Å². The van der Waals surface area contributed by atoms with Crippen molar-refractivity contribution in [3.8, 4) is 0 Å². The maximum Gasteiger partial charge on any atom is 0.229 e. The molecule has 0 spiro atoms. The lowest BCUT2D eigenvalue weighted by Gasteiger charge is -2.18. The van der Waals surface area contributed by atoms with Gasteiger partial charge in [0.2, 0.25) is 11.8 Å². The van der Waals surface area contributed by atoms with Gasteiger partial charge in [0.15, 0.2) is 0 Å². The smallest absolute Gasteiger partial charge is 0.229 e. The van der Waals surface area contributed by atoms with Crippen LogP contribution in [0.1, 0.15) is 6.42 Å². The molecule has 5 heteroatoms. The van der Waals surface area contributed by atoms with E-state index in [2.05, 4.69) is 21.2 Å². The van der Waals surface area contributed by atoms with Gasteiger partial charge >= 0.3 is 0 Å². The zero-order valence-corrected chi connectivity index (χ0v) is 13.4. The molecule has 1 heterocycles. The van der Waals surface area contributed by atoms with E-state index < -0.39 is 0 Å². The molecule has 0 aliphatic carbocycles. The maximum atomic E-state index is 12.3. The van der Waals surface area contributed by atoms with E-state index in [1.54, 1.807) is 4.90 Å². The molecule has 22 heavy (non-hydrogen) atoms. The Kier molecular flexibility index (Phi) is 4.24. The number of hydrogen-bond acceptors (Lipinski definition) is 2. The summed E-state index contributed by atoms with van der Waals surface area (Å²) < 4.78 is 0.854. The number of nitrogens with one attached hydrogen (secondary N) is 1. The molecule has 2 amide bonds. The molecule has 1 aliphatic rings. The van der Waals surface area contributed by atoms with Crippen LogP contribution in [0.15, 0.2) is 59.1 Å². The van der Waals surface area contributed by atoms with Crippen LogP contribution in [0.25, 0.3) is 0 Å². The summed E-state index contributed by atoms with van der Waals surface area (Å²) in [6, 6.07) is 16.8. The largest absolute Gasteiger partial charge is 0.326 e. The molecule has 0 aromatic heterocycles. The van der Waals surface area contributed by atoms with Crippen LogP contribution in [0.3, 0.4) is 0 Å². The average molecular weight is 359 g/mol. The molecule has 1 aliphatic heterocycles. The van der Waals surface area contributed by atoms with Gasteiger partial charge in [0.25, 0.3) is 0 Å². The number of benzene rings is 2. The molecule has 0 radical (unpaired) electrons. The zero-order chi connectivity index (χ0) is 15.5. The van der Waals surface area contributed by atoms with E-state index in [1.807, 2.05) is 54.6 Å². The summed E-state index contributed by atoms with van der Waals surface area (Å²) in [6.07, 6.45) is 0.236. The van der Waals surface area contributed by atoms with Crippen LogP contribution in [0.2, 0.25) is 0 Å². The first-order valence-corrected chi connectivity index (χ1v) is 7.85. The first-order valence-electron chi connectivity index (χ1n) is 7.06. The van der Waals surface area contributed by atoms with Crippen LogP contribution in [-0.4, -0.2) is 18.4 Å². The van der Waals surface area contributed by atoms with E-state index in [4.69, 9.17) is 0 Å². The second-order valence-electron chi connectivity index (χ2n) is 5.21. The molecule has 2 aromatic carbocycles. The first kappa shape index (κ1) is 14.8. The van der Waals surface area contributed by atoms with E-state index in [0.29, 0.717) is 6.54 Å². The monoisotopic (exact) mass is 358 g/mol. The minimum atomic E-state index is -0.334.